The summed E-state index contributed by atoms with van der Waals surface area (Å²) in [5, 5.41) is 37.0. The lowest BCUT2D eigenvalue weighted by Crippen LogP contribution is -2.72. The summed E-state index contributed by atoms with van der Waals surface area (Å²) in [5.74, 6) is -12.4. The Balaban J connectivity index is 1.47. The summed E-state index contributed by atoms with van der Waals surface area (Å²) in [5.41, 5.74) is 4.09. The van der Waals surface area contributed by atoms with Crippen LogP contribution in [0.2, 0.25) is 0 Å². The van der Waals surface area contributed by atoms with Gasteiger partial charge >= 0.3 is 0 Å². The third-order valence-corrected chi connectivity index (χ3v) is 8.64. The van der Waals surface area contributed by atoms with Crippen molar-refractivity contribution in [2.75, 3.05) is 12.0 Å². The van der Waals surface area contributed by atoms with Crippen molar-refractivity contribution >= 4 is 34.7 Å². The minimum absolute atomic E-state index is 0.144. The van der Waals surface area contributed by atoms with E-state index >= 15 is 0 Å². The lowest BCUT2D eigenvalue weighted by Gasteiger charge is -2.52. The molecule has 2 saturated carbocycles. The molecule has 196 valence electrons. The highest BCUT2D eigenvalue weighted by Gasteiger charge is 2.69. The highest BCUT2D eigenvalue weighted by Crippen LogP contribution is 2.54. The van der Waals surface area contributed by atoms with E-state index in [0.717, 1.165) is 0 Å². The number of primary amides is 1. The zero-order valence-electron chi connectivity index (χ0n) is 20.1. The molecule has 38 heavy (non-hydrogen) atoms. The fourth-order valence-electron chi connectivity index (χ4n) is 6.74. The number of ketones is 4. The van der Waals surface area contributed by atoms with Gasteiger partial charge in [0, 0.05) is 23.8 Å². The van der Waals surface area contributed by atoms with Gasteiger partial charge in [-0.05, 0) is 29.2 Å². The number of Topliss-reactive ketones (excluding diaryl/α,β-unsaturated/α-hetero) is 4. The van der Waals surface area contributed by atoms with Crippen molar-refractivity contribution in [2.24, 2.45) is 29.4 Å². The molecule has 1 heterocycles. The predicted octanol–water partition coefficient (Wildman–Crippen LogP) is 0.287. The summed E-state index contributed by atoms with van der Waals surface area (Å²) in [6.45, 7) is 1.96. The van der Waals surface area contributed by atoms with Gasteiger partial charge in [-0.25, -0.2) is 0 Å². The first kappa shape index (κ1) is 24.3. The summed E-state index contributed by atoms with van der Waals surface area (Å²) in [4.78, 5) is 65.0. The second-order valence-electron chi connectivity index (χ2n) is 10.4. The van der Waals surface area contributed by atoms with Crippen LogP contribution < -0.4 is 15.8 Å². The summed E-state index contributed by atoms with van der Waals surface area (Å²) < 4.78 is 5.42. The van der Waals surface area contributed by atoms with E-state index in [-0.39, 0.29) is 11.3 Å². The van der Waals surface area contributed by atoms with Gasteiger partial charge in [0.25, 0.3) is 0 Å². The van der Waals surface area contributed by atoms with E-state index in [9.17, 15) is 39.3 Å². The zero-order chi connectivity index (χ0) is 27.3. The first-order valence-corrected chi connectivity index (χ1v) is 12.2. The van der Waals surface area contributed by atoms with E-state index in [1.165, 1.54) is 0 Å². The lowest BCUT2D eigenvalue weighted by atomic mass is 9.50. The summed E-state index contributed by atoms with van der Waals surface area (Å²) in [6, 6.07) is 8.43. The molecule has 0 saturated heterocycles. The molecule has 1 amide bonds. The summed E-state index contributed by atoms with van der Waals surface area (Å²) in [7, 11) is 0. The zero-order valence-corrected chi connectivity index (χ0v) is 20.1. The average molecular weight is 520 g/mol. The molecule has 0 radical (unpaired) electrons. The largest absolute Gasteiger partial charge is 0.507 e. The number of carbonyl (C=O) groups is 5. The van der Waals surface area contributed by atoms with Gasteiger partial charge in [0.1, 0.15) is 11.5 Å². The van der Waals surface area contributed by atoms with Gasteiger partial charge in [0.15, 0.2) is 41.4 Å². The standard InChI is InChI=1S/C27H24N2O9/c1-9-11-3-4-12(10-2-5-16-14(6-10)29-8-38-16)21(31)18(11)23(33)20-17(9)22(32)13-7-15(30)19(26(28)36)24(34)27(13,37)25(20)35/h2-6,9,13,17,19-20,22,29,31-32,37H,7-8H2,1H3,(H2,28,36)/t9-,13+,17+,19?,20?,22+,27+/m0/s1. The minimum atomic E-state index is -2.94. The Kier molecular flexibility index (Phi) is 5.08. The van der Waals surface area contributed by atoms with Crippen LogP contribution in [0.25, 0.3) is 11.1 Å². The fraction of sp³-hybridized carbons (Fsp3) is 0.370. The number of nitrogens with two attached hydrogens (primary N) is 1. The van der Waals surface area contributed by atoms with Crippen LogP contribution in [0.15, 0.2) is 30.3 Å². The maximum atomic E-state index is 13.8. The molecule has 0 aromatic heterocycles. The van der Waals surface area contributed by atoms with Gasteiger partial charge < -0.3 is 31.1 Å². The van der Waals surface area contributed by atoms with Gasteiger partial charge in [-0.1, -0.05) is 25.1 Å². The van der Waals surface area contributed by atoms with E-state index in [1.807, 2.05) is 0 Å². The summed E-state index contributed by atoms with van der Waals surface area (Å²) >= 11 is 0. The smallest absolute Gasteiger partial charge is 0.235 e. The van der Waals surface area contributed by atoms with Crippen LogP contribution in [-0.4, -0.2) is 62.8 Å². The first-order chi connectivity index (χ1) is 18.0. The molecule has 3 aliphatic carbocycles. The van der Waals surface area contributed by atoms with Crippen molar-refractivity contribution in [3.8, 4) is 22.6 Å². The van der Waals surface area contributed by atoms with Crippen molar-refractivity contribution in [3.05, 3.63) is 41.5 Å². The Morgan fingerprint density at radius 3 is 2.58 bits per heavy atom. The maximum Gasteiger partial charge on any atom is 0.235 e. The van der Waals surface area contributed by atoms with E-state index in [0.29, 0.717) is 34.9 Å². The van der Waals surface area contributed by atoms with Crippen LogP contribution in [0.5, 0.6) is 11.5 Å². The molecule has 4 aliphatic rings. The molecule has 11 nitrogen and oxygen atoms in total. The SMILES string of the molecule is C[C@H]1c2ccc(-c3ccc4c(c3)NCO4)c(O)c2C(=O)C2C(=O)[C@]3(O)C(=O)C(C(N)=O)C(=O)C[C@@H]3[C@@H](O)[C@@H]21. The average Bonchev–Trinajstić information content (AvgIpc) is 3.34. The second kappa shape index (κ2) is 7.95. The Labute approximate surface area is 215 Å². The number of phenolic OH excluding ortho intramolecular Hbond substituents is 1. The van der Waals surface area contributed by atoms with Gasteiger partial charge in [0.2, 0.25) is 5.91 Å². The Morgan fingerprint density at radius 1 is 1.13 bits per heavy atom. The molecule has 2 aromatic carbocycles. The fourth-order valence-corrected chi connectivity index (χ4v) is 6.74. The molecule has 6 N–H and O–H groups in total. The molecular weight excluding hydrogens is 496 g/mol. The number of rotatable bonds is 2. The Morgan fingerprint density at radius 2 is 1.87 bits per heavy atom. The van der Waals surface area contributed by atoms with Gasteiger partial charge in [-0.15, -0.1) is 0 Å². The summed E-state index contributed by atoms with van der Waals surface area (Å²) in [6.07, 6.45) is -2.22. The van der Waals surface area contributed by atoms with Crippen LogP contribution in [-0.2, 0) is 19.2 Å². The van der Waals surface area contributed by atoms with Gasteiger partial charge in [-0.2, -0.15) is 0 Å². The first-order valence-electron chi connectivity index (χ1n) is 12.2. The van der Waals surface area contributed by atoms with Crippen molar-refractivity contribution in [1.29, 1.82) is 0 Å². The Hall–Kier alpha value is -4.09. The van der Waals surface area contributed by atoms with E-state index in [4.69, 9.17) is 10.5 Å². The molecule has 6 rings (SSSR count). The van der Waals surface area contributed by atoms with Crippen LogP contribution in [0.3, 0.4) is 0 Å². The molecule has 2 unspecified atom stereocenters. The van der Waals surface area contributed by atoms with Crippen molar-refractivity contribution in [3.63, 3.8) is 0 Å². The number of phenols is 1. The monoisotopic (exact) mass is 520 g/mol. The van der Waals surface area contributed by atoms with Crippen LogP contribution in [0.4, 0.5) is 5.69 Å². The molecule has 1 aliphatic heterocycles. The number of benzene rings is 2. The lowest BCUT2D eigenvalue weighted by molar-refractivity contribution is -0.189. The molecule has 11 heteroatoms. The number of amides is 1. The second-order valence-corrected chi connectivity index (χ2v) is 10.4. The van der Waals surface area contributed by atoms with E-state index < -0.39 is 76.8 Å². The topological polar surface area (TPSA) is 193 Å². The highest BCUT2D eigenvalue weighted by molar-refractivity contribution is 6.31. The molecule has 0 spiro atoms. The number of hydrogen-bond donors (Lipinski definition) is 5. The number of aliphatic hydroxyl groups is 2. The van der Waals surface area contributed by atoms with E-state index in [2.05, 4.69) is 5.32 Å². The molecule has 0 bridgehead atoms. The third kappa shape index (κ3) is 2.94. The van der Waals surface area contributed by atoms with Crippen LogP contribution in [0, 0.1) is 23.7 Å². The Bertz CT molecular complexity index is 1480. The normalized spacial score (nSPS) is 33.4. The number of anilines is 1. The predicted molar refractivity (Wildman–Crippen MR) is 129 cm³/mol. The number of aromatic hydroxyl groups is 1. The molecule has 2 aromatic rings. The number of carbonyl (C=O) groups excluding carboxylic acids is 5. The van der Waals surface area contributed by atoms with Crippen molar-refractivity contribution < 1.29 is 44.0 Å². The highest BCUT2D eigenvalue weighted by atomic mass is 16.5. The van der Waals surface area contributed by atoms with E-state index in [1.54, 1.807) is 37.3 Å². The molecule has 2 fully saturated rings. The maximum absolute atomic E-state index is 13.8. The van der Waals surface area contributed by atoms with Crippen LogP contribution >= 0.6 is 0 Å². The number of hydrogen-bond acceptors (Lipinski definition) is 10. The minimum Gasteiger partial charge on any atom is -0.507 e. The van der Waals surface area contributed by atoms with Crippen molar-refractivity contribution in [2.45, 2.75) is 31.0 Å². The van der Waals surface area contributed by atoms with Crippen LogP contribution in [0.1, 0.15) is 35.2 Å². The number of ether oxygens (including phenoxy) is 1. The third-order valence-electron chi connectivity index (χ3n) is 8.64. The molecule has 7 atom stereocenters. The molecular formula is C27H24N2O9. The number of nitrogens with one attached hydrogen (secondary N) is 1. The van der Waals surface area contributed by atoms with Crippen molar-refractivity contribution in [1.82, 2.24) is 0 Å². The number of fused-ring (bicyclic) bond motifs is 4. The quantitative estimate of drug-likeness (QED) is 0.344. The number of aliphatic hydroxyl groups excluding tert-OH is 1. The van der Waals surface area contributed by atoms with Gasteiger partial charge in [-0.3, -0.25) is 24.0 Å². The van der Waals surface area contributed by atoms with Gasteiger partial charge in [0.05, 0.1) is 23.3 Å².